The van der Waals surface area contributed by atoms with E-state index in [1.54, 1.807) is 0 Å². The second-order valence-electron chi connectivity index (χ2n) is 4.45. The highest BCUT2D eigenvalue weighted by atomic mass is 32.2. The van der Waals surface area contributed by atoms with Crippen LogP contribution in [0, 0.1) is 0 Å². The number of nitrogens with one attached hydrogen (secondary N) is 1. The maximum Gasteiger partial charge on any atom is 0.0197 e. The molecular weight excluding hydrogens is 192 g/mol. The van der Waals surface area contributed by atoms with Crippen molar-refractivity contribution in [1.82, 2.24) is 10.2 Å². The average Bonchev–Trinajstić information content (AvgIpc) is 2.14. The molecule has 1 atom stereocenters. The Balaban J connectivity index is 2.21. The molecule has 0 aromatic rings. The lowest BCUT2D eigenvalue weighted by Gasteiger charge is -2.34. The van der Waals surface area contributed by atoms with Crippen LogP contribution in [0.25, 0.3) is 0 Å². The van der Waals surface area contributed by atoms with Gasteiger partial charge in [-0.25, -0.2) is 0 Å². The van der Waals surface area contributed by atoms with Gasteiger partial charge in [0.25, 0.3) is 0 Å². The van der Waals surface area contributed by atoms with E-state index in [-0.39, 0.29) is 0 Å². The van der Waals surface area contributed by atoms with Gasteiger partial charge in [0.05, 0.1) is 0 Å². The molecule has 1 heterocycles. The molecule has 14 heavy (non-hydrogen) atoms. The zero-order valence-electron chi connectivity index (χ0n) is 9.75. The van der Waals surface area contributed by atoms with Crippen molar-refractivity contribution in [3.05, 3.63) is 0 Å². The Morgan fingerprint density at radius 3 is 2.93 bits per heavy atom. The van der Waals surface area contributed by atoms with Crippen molar-refractivity contribution in [2.75, 3.05) is 31.6 Å². The molecule has 0 aromatic heterocycles. The first-order valence-corrected chi connectivity index (χ1v) is 7.09. The molecule has 0 saturated carbocycles. The quantitative estimate of drug-likeness (QED) is 0.754. The number of likely N-dealkylation sites (tertiary alicyclic amines) is 1. The van der Waals surface area contributed by atoms with Gasteiger partial charge in [-0.3, -0.25) is 0 Å². The summed E-state index contributed by atoms with van der Waals surface area (Å²) >= 11 is 1.95. The molecule has 0 bridgehead atoms. The fraction of sp³-hybridized carbons (Fsp3) is 1.00. The number of rotatable bonds is 5. The summed E-state index contributed by atoms with van der Waals surface area (Å²) in [5.74, 6) is 1.27. The van der Waals surface area contributed by atoms with Crippen LogP contribution in [0.5, 0.6) is 0 Å². The van der Waals surface area contributed by atoms with Gasteiger partial charge in [0.2, 0.25) is 0 Å². The van der Waals surface area contributed by atoms with Crippen molar-refractivity contribution in [2.24, 2.45) is 0 Å². The van der Waals surface area contributed by atoms with Gasteiger partial charge in [-0.15, -0.1) is 0 Å². The predicted molar refractivity (Wildman–Crippen MR) is 66.1 cm³/mol. The molecule has 0 spiro atoms. The van der Waals surface area contributed by atoms with Crippen molar-refractivity contribution in [3.63, 3.8) is 0 Å². The largest absolute Gasteiger partial charge is 0.311 e. The number of hydrogen-bond donors (Lipinski definition) is 1. The molecule has 1 rings (SSSR count). The van der Waals surface area contributed by atoms with Crippen molar-refractivity contribution < 1.29 is 0 Å². The van der Waals surface area contributed by atoms with E-state index in [1.807, 2.05) is 11.8 Å². The highest BCUT2D eigenvalue weighted by Gasteiger charge is 2.19. The van der Waals surface area contributed by atoms with Crippen LogP contribution in [0.15, 0.2) is 0 Å². The third kappa shape index (κ3) is 4.67. The molecule has 1 fully saturated rings. The highest BCUT2D eigenvalue weighted by molar-refractivity contribution is 7.98. The van der Waals surface area contributed by atoms with Crippen LogP contribution in [-0.2, 0) is 0 Å². The van der Waals surface area contributed by atoms with E-state index >= 15 is 0 Å². The Morgan fingerprint density at radius 2 is 2.29 bits per heavy atom. The second-order valence-corrected chi connectivity index (χ2v) is 5.44. The van der Waals surface area contributed by atoms with Gasteiger partial charge in [0.15, 0.2) is 0 Å². The summed E-state index contributed by atoms with van der Waals surface area (Å²) in [6.07, 6.45) is 4.90. The standard InChI is InChI=1S/C11H24N2S/c1-10(2)12-11-5-4-6-13(9-11)7-8-14-3/h10-12H,4-9H2,1-3H3. The Labute approximate surface area is 92.8 Å². The zero-order valence-corrected chi connectivity index (χ0v) is 10.6. The summed E-state index contributed by atoms with van der Waals surface area (Å²) in [5.41, 5.74) is 0. The summed E-state index contributed by atoms with van der Waals surface area (Å²) in [5, 5.41) is 3.64. The molecule has 1 unspecified atom stereocenters. The lowest BCUT2D eigenvalue weighted by molar-refractivity contribution is 0.195. The fourth-order valence-corrected chi connectivity index (χ4v) is 2.53. The van der Waals surface area contributed by atoms with Gasteiger partial charge in [0.1, 0.15) is 0 Å². The molecule has 2 nitrogen and oxygen atoms in total. The summed E-state index contributed by atoms with van der Waals surface area (Å²) in [4.78, 5) is 2.60. The molecule has 0 aliphatic carbocycles. The lowest BCUT2D eigenvalue weighted by atomic mass is 10.1. The lowest BCUT2D eigenvalue weighted by Crippen LogP contribution is -2.48. The highest BCUT2D eigenvalue weighted by Crippen LogP contribution is 2.11. The molecule has 1 saturated heterocycles. The summed E-state index contributed by atoms with van der Waals surface area (Å²) < 4.78 is 0. The SMILES string of the molecule is CSCCN1CCCC(NC(C)C)C1. The molecular formula is C11H24N2S. The molecule has 1 aliphatic heterocycles. The van der Waals surface area contributed by atoms with Gasteiger partial charge in [-0.1, -0.05) is 13.8 Å². The van der Waals surface area contributed by atoms with E-state index in [9.17, 15) is 0 Å². The zero-order chi connectivity index (χ0) is 10.4. The van der Waals surface area contributed by atoms with Crippen LogP contribution in [0.1, 0.15) is 26.7 Å². The molecule has 0 radical (unpaired) electrons. The Kier molecular flexibility index (Phi) is 5.90. The van der Waals surface area contributed by atoms with Crippen molar-refractivity contribution in [1.29, 1.82) is 0 Å². The third-order valence-corrected chi connectivity index (χ3v) is 3.28. The van der Waals surface area contributed by atoms with E-state index in [0.29, 0.717) is 6.04 Å². The first-order chi connectivity index (χ1) is 6.72. The van der Waals surface area contributed by atoms with Gasteiger partial charge in [-0.05, 0) is 25.6 Å². The van der Waals surface area contributed by atoms with Gasteiger partial charge >= 0.3 is 0 Å². The van der Waals surface area contributed by atoms with Crippen LogP contribution in [0.4, 0.5) is 0 Å². The van der Waals surface area contributed by atoms with E-state index in [1.165, 1.54) is 38.2 Å². The van der Waals surface area contributed by atoms with Crippen LogP contribution < -0.4 is 5.32 Å². The van der Waals surface area contributed by atoms with Crippen LogP contribution >= 0.6 is 11.8 Å². The average molecular weight is 216 g/mol. The normalized spacial score (nSPS) is 24.4. The number of hydrogen-bond acceptors (Lipinski definition) is 3. The maximum atomic E-state index is 3.64. The van der Waals surface area contributed by atoms with Crippen LogP contribution in [0.2, 0.25) is 0 Å². The number of thioether (sulfide) groups is 1. The van der Waals surface area contributed by atoms with E-state index < -0.39 is 0 Å². The molecule has 0 amide bonds. The van der Waals surface area contributed by atoms with Crippen molar-refractivity contribution >= 4 is 11.8 Å². The number of nitrogens with zero attached hydrogens (tertiary/aromatic N) is 1. The molecule has 3 heteroatoms. The summed E-state index contributed by atoms with van der Waals surface area (Å²) in [6.45, 7) is 8.29. The van der Waals surface area contributed by atoms with Gasteiger partial charge in [0, 0.05) is 30.9 Å². The van der Waals surface area contributed by atoms with E-state index in [0.717, 1.165) is 6.04 Å². The second kappa shape index (κ2) is 6.70. The van der Waals surface area contributed by atoms with E-state index in [4.69, 9.17) is 0 Å². The monoisotopic (exact) mass is 216 g/mol. The van der Waals surface area contributed by atoms with Gasteiger partial charge in [-0.2, -0.15) is 11.8 Å². The molecule has 84 valence electrons. The fourth-order valence-electron chi connectivity index (χ4n) is 2.09. The Bertz CT molecular complexity index is 150. The number of piperidine rings is 1. The smallest absolute Gasteiger partial charge is 0.0197 e. The minimum atomic E-state index is 0.625. The van der Waals surface area contributed by atoms with Crippen molar-refractivity contribution in [2.45, 2.75) is 38.8 Å². The van der Waals surface area contributed by atoms with Crippen molar-refractivity contribution in [3.8, 4) is 0 Å². The van der Waals surface area contributed by atoms with Gasteiger partial charge < -0.3 is 10.2 Å². The summed E-state index contributed by atoms with van der Waals surface area (Å²) in [6, 6.07) is 1.35. The third-order valence-electron chi connectivity index (χ3n) is 2.69. The predicted octanol–water partition coefficient (Wildman–Crippen LogP) is 1.81. The van der Waals surface area contributed by atoms with E-state index in [2.05, 4.69) is 30.3 Å². The minimum Gasteiger partial charge on any atom is -0.311 e. The van der Waals surface area contributed by atoms with Crippen LogP contribution in [-0.4, -0.2) is 48.6 Å². The molecule has 0 aromatic carbocycles. The first kappa shape index (κ1) is 12.3. The minimum absolute atomic E-state index is 0.625. The first-order valence-electron chi connectivity index (χ1n) is 5.69. The topological polar surface area (TPSA) is 15.3 Å². The molecule has 1 N–H and O–H groups in total. The van der Waals surface area contributed by atoms with Crippen LogP contribution in [0.3, 0.4) is 0 Å². The Hall–Kier alpha value is 0.270. The summed E-state index contributed by atoms with van der Waals surface area (Å²) in [7, 11) is 0. The maximum absolute atomic E-state index is 3.64. The Morgan fingerprint density at radius 1 is 1.50 bits per heavy atom. The molecule has 1 aliphatic rings.